The van der Waals surface area contributed by atoms with Crippen LogP contribution in [0.2, 0.25) is 0 Å². The number of carbonyl (C=O) groups is 1. The highest BCUT2D eigenvalue weighted by Crippen LogP contribution is 1.96. The zero-order valence-electron chi connectivity index (χ0n) is 8.77. The van der Waals surface area contributed by atoms with Crippen molar-refractivity contribution in [2.24, 2.45) is 5.92 Å². The van der Waals surface area contributed by atoms with E-state index in [4.69, 9.17) is 15.3 Å². The summed E-state index contributed by atoms with van der Waals surface area (Å²) in [5.41, 5.74) is 0. The largest absolute Gasteiger partial charge is 0.481 e. The molecule has 0 aliphatic carbocycles. The van der Waals surface area contributed by atoms with Gasteiger partial charge >= 0.3 is 5.97 Å². The quantitative estimate of drug-likeness (QED) is 0.539. The van der Waals surface area contributed by atoms with Crippen LogP contribution in [0.5, 0.6) is 0 Å². The third kappa shape index (κ3) is 22.5. The number of hydrogen-bond donors (Lipinski definition) is 3. The van der Waals surface area contributed by atoms with Gasteiger partial charge in [-0.05, 0) is 5.92 Å². The minimum atomic E-state index is -0.713. The summed E-state index contributed by atoms with van der Waals surface area (Å²) in [5, 5.41) is 24.3. The Morgan fingerprint density at radius 1 is 1.21 bits per heavy atom. The van der Waals surface area contributed by atoms with E-state index in [0.29, 0.717) is 13.2 Å². The molecule has 86 valence electrons. The summed E-state index contributed by atoms with van der Waals surface area (Å²) < 4.78 is 4.63. The summed E-state index contributed by atoms with van der Waals surface area (Å²) in [6.07, 6.45) is 0.278. The van der Waals surface area contributed by atoms with Crippen molar-refractivity contribution in [2.45, 2.75) is 20.3 Å². The molecule has 0 saturated heterocycles. The molecule has 0 atom stereocenters. The van der Waals surface area contributed by atoms with Gasteiger partial charge in [-0.2, -0.15) is 0 Å². The molecule has 5 heteroatoms. The lowest BCUT2D eigenvalue weighted by Crippen LogP contribution is -2.03. The minimum absolute atomic E-state index is 0.0278. The van der Waals surface area contributed by atoms with Crippen LogP contribution in [0.4, 0.5) is 0 Å². The van der Waals surface area contributed by atoms with Crippen molar-refractivity contribution in [2.75, 3.05) is 26.4 Å². The Morgan fingerprint density at radius 3 is 1.79 bits per heavy atom. The van der Waals surface area contributed by atoms with Gasteiger partial charge in [0.2, 0.25) is 0 Å². The molecule has 0 heterocycles. The molecule has 0 rings (SSSR count). The Balaban J connectivity index is 0. The molecule has 14 heavy (non-hydrogen) atoms. The molecule has 0 spiro atoms. The number of carboxylic acid groups (broad SMARTS) is 1. The van der Waals surface area contributed by atoms with Crippen LogP contribution >= 0.6 is 0 Å². The fourth-order valence-corrected chi connectivity index (χ4v) is 0.580. The number of aliphatic hydroxyl groups is 2. The summed E-state index contributed by atoms with van der Waals surface area (Å²) in [4.78, 5) is 9.81. The predicted molar refractivity (Wildman–Crippen MR) is 52.1 cm³/mol. The first-order chi connectivity index (χ1) is 6.54. The molecule has 0 unspecified atom stereocenters. The van der Waals surface area contributed by atoms with E-state index in [9.17, 15) is 4.79 Å². The van der Waals surface area contributed by atoms with Crippen LogP contribution in [0.15, 0.2) is 0 Å². The first-order valence-electron chi connectivity index (χ1n) is 4.55. The lowest BCUT2D eigenvalue weighted by molar-refractivity contribution is -0.137. The molecule has 0 aliphatic rings. The molecule has 0 bridgehead atoms. The number of aliphatic hydroxyl groups excluding tert-OH is 2. The van der Waals surface area contributed by atoms with Gasteiger partial charge < -0.3 is 20.1 Å². The van der Waals surface area contributed by atoms with Gasteiger partial charge in [-0.25, -0.2) is 0 Å². The highest BCUT2D eigenvalue weighted by atomic mass is 16.5. The maximum absolute atomic E-state index is 9.81. The SMILES string of the molecule is CC(C)CC(=O)O.OCCOCCO. The summed E-state index contributed by atoms with van der Waals surface area (Å²) in [6, 6.07) is 0. The van der Waals surface area contributed by atoms with E-state index in [2.05, 4.69) is 4.74 Å². The Morgan fingerprint density at radius 2 is 1.64 bits per heavy atom. The molecule has 5 nitrogen and oxygen atoms in total. The van der Waals surface area contributed by atoms with Crippen molar-refractivity contribution in [1.82, 2.24) is 0 Å². The van der Waals surface area contributed by atoms with Crippen LogP contribution in [-0.4, -0.2) is 47.7 Å². The third-order valence-electron chi connectivity index (χ3n) is 1.05. The van der Waals surface area contributed by atoms with Crippen molar-refractivity contribution < 1.29 is 24.9 Å². The zero-order valence-corrected chi connectivity index (χ0v) is 8.77. The summed E-state index contributed by atoms with van der Waals surface area (Å²) in [6.45, 7) is 4.46. The summed E-state index contributed by atoms with van der Waals surface area (Å²) in [5.74, 6) is -0.438. The van der Waals surface area contributed by atoms with Crippen LogP contribution in [-0.2, 0) is 9.53 Å². The fourth-order valence-electron chi connectivity index (χ4n) is 0.580. The van der Waals surface area contributed by atoms with Crippen molar-refractivity contribution in [3.8, 4) is 0 Å². The Bertz CT molecular complexity index is 120. The number of rotatable bonds is 6. The van der Waals surface area contributed by atoms with Gasteiger partial charge in [0.25, 0.3) is 0 Å². The number of hydrogen-bond acceptors (Lipinski definition) is 4. The average Bonchev–Trinajstić information content (AvgIpc) is 2.04. The minimum Gasteiger partial charge on any atom is -0.481 e. The first-order valence-corrected chi connectivity index (χ1v) is 4.55. The maximum Gasteiger partial charge on any atom is 0.303 e. The molecule has 0 amide bonds. The second-order valence-electron chi connectivity index (χ2n) is 3.05. The zero-order chi connectivity index (χ0) is 11.4. The van der Waals surface area contributed by atoms with E-state index in [1.807, 2.05) is 13.8 Å². The van der Waals surface area contributed by atoms with E-state index in [-0.39, 0.29) is 25.6 Å². The van der Waals surface area contributed by atoms with Crippen LogP contribution in [0.1, 0.15) is 20.3 Å². The molecule has 0 saturated carbocycles. The lowest BCUT2D eigenvalue weighted by atomic mass is 10.1. The topological polar surface area (TPSA) is 87.0 Å². The number of aliphatic carboxylic acids is 1. The molecule has 0 radical (unpaired) electrons. The Labute approximate surface area is 84.3 Å². The average molecular weight is 208 g/mol. The highest BCUT2D eigenvalue weighted by molar-refractivity contribution is 5.66. The molecule has 0 aliphatic heterocycles. The van der Waals surface area contributed by atoms with Crippen LogP contribution < -0.4 is 0 Å². The van der Waals surface area contributed by atoms with E-state index >= 15 is 0 Å². The van der Waals surface area contributed by atoms with E-state index in [1.54, 1.807) is 0 Å². The molecular weight excluding hydrogens is 188 g/mol. The maximum atomic E-state index is 9.81. The van der Waals surface area contributed by atoms with Crippen molar-refractivity contribution in [3.63, 3.8) is 0 Å². The fraction of sp³-hybridized carbons (Fsp3) is 0.889. The van der Waals surface area contributed by atoms with E-state index < -0.39 is 5.97 Å². The number of ether oxygens (including phenoxy) is 1. The predicted octanol–water partition coefficient (Wildman–Crippen LogP) is 0.105. The van der Waals surface area contributed by atoms with Crippen molar-refractivity contribution in [3.05, 3.63) is 0 Å². The van der Waals surface area contributed by atoms with Gasteiger partial charge in [0.15, 0.2) is 0 Å². The van der Waals surface area contributed by atoms with E-state index in [1.165, 1.54) is 0 Å². The second kappa shape index (κ2) is 12.3. The van der Waals surface area contributed by atoms with Crippen molar-refractivity contribution in [1.29, 1.82) is 0 Å². The monoisotopic (exact) mass is 208 g/mol. The van der Waals surface area contributed by atoms with Crippen LogP contribution in [0.3, 0.4) is 0 Å². The molecule has 0 aromatic heterocycles. The van der Waals surface area contributed by atoms with Crippen molar-refractivity contribution >= 4 is 5.97 Å². The summed E-state index contributed by atoms with van der Waals surface area (Å²) in [7, 11) is 0. The van der Waals surface area contributed by atoms with Gasteiger partial charge in [-0.3, -0.25) is 4.79 Å². The summed E-state index contributed by atoms with van der Waals surface area (Å²) >= 11 is 0. The van der Waals surface area contributed by atoms with E-state index in [0.717, 1.165) is 0 Å². The highest BCUT2D eigenvalue weighted by Gasteiger charge is 1.98. The molecule has 0 aromatic carbocycles. The third-order valence-corrected chi connectivity index (χ3v) is 1.05. The van der Waals surface area contributed by atoms with Gasteiger partial charge in [-0.15, -0.1) is 0 Å². The molecule has 0 aromatic rings. The van der Waals surface area contributed by atoms with Gasteiger partial charge in [-0.1, -0.05) is 13.8 Å². The van der Waals surface area contributed by atoms with Crippen LogP contribution in [0.25, 0.3) is 0 Å². The smallest absolute Gasteiger partial charge is 0.303 e. The van der Waals surface area contributed by atoms with Gasteiger partial charge in [0.1, 0.15) is 0 Å². The molecule has 0 fully saturated rings. The molecular formula is C9H20O5. The number of carboxylic acids is 1. The standard InChI is InChI=1S/C5H10O2.C4H10O3/c1-4(2)3-5(6)7;5-1-3-7-4-2-6/h4H,3H2,1-2H3,(H,6,7);5-6H,1-4H2. The van der Waals surface area contributed by atoms with Gasteiger partial charge in [0, 0.05) is 6.42 Å². The lowest BCUT2D eigenvalue weighted by Gasteiger charge is -1.94. The first kappa shape index (κ1) is 15.8. The van der Waals surface area contributed by atoms with Gasteiger partial charge in [0.05, 0.1) is 26.4 Å². The Hall–Kier alpha value is -0.650. The second-order valence-corrected chi connectivity index (χ2v) is 3.05. The Kier molecular flexibility index (Phi) is 13.9. The molecule has 3 N–H and O–H groups in total. The normalized spacial score (nSPS) is 9.50. The van der Waals surface area contributed by atoms with Crippen LogP contribution in [0, 0.1) is 5.92 Å².